The first-order valence-electron chi connectivity index (χ1n) is 10.3. The van der Waals surface area contributed by atoms with Crippen molar-refractivity contribution in [3.05, 3.63) is 41.8 Å². The van der Waals surface area contributed by atoms with Gasteiger partial charge in [0.25, 0.3) is 6.43 Å². The molecule has 31 heavy (non-hydrogen) atoms. The molecule has 3 rings (SSSR count). The molecule has 6 nitrogen and oxygen atoms in total. The van der Waals surface area contributed by atoms with Crippen molar-refractivity contribution in [2.24, 2.45) is 0 Å². The first-order chi connectivity index (χ1) is 14.7. The van der Waals surface area contributed by atoms with Crippen LogP contribution in [0.3, 0.4) is 0 Å². The standard InChI is InChI=1S/C22H27F3N4O2/c1-14(10-15(2)30)16-4-6-17(7-5-16)31-18-8-9-29(12-18)21-19(23)11-26-22(27-21)28(3)13-20(24)25/h4-7,11,14,18,20H,8-10,12-13H2,1-3H3/t14-,18-/m1/s1. The predicted molar refractivity (Wildman–Crippen MR) is 113 cm³/mol. The highest BCUT2D eigenvalue weighted by atomic mass is 19.3. The van der Waals surface area contributed by atoms with Crippen LogP contribution in [0.5, 0.6) is 5.75 Å². The number of ether oxygens (including phenoxy) is 1. The summed E-state index contributed by atoms with van der Waals surface area (Å²) >= 11 is 0. The van der Waals surface area contributed by atoms with Crippen LogP contribution in [0, 0.1) is 5.82 Å². The van der Waals surface area contributed by atoms with Crippen molar-refractivity contribution in [3.63, 3.8) is 0 Å². The highest BCUT2D eigenvalue weighted by Gasteiger charge is 2.28. The van der Waals surface area contributed by atoms with Gasteiger partial charge in [-0.25, -0.2) is 18.2 Å². The number of alkyl halides is 2. The summed E-state index contributed by atoms with van der Waals surface area (Å²) in [6, 6.07) is 7.64. The van der Waals surface area contributed by atoms with Gasteiger partial charge in [-0.15, -0.1) is 0 Å². The number of benzene rings is 1. The second kappa shape index (κ2) is 9.98. The molecule has 2 aromatic rings. The third-order valence-electron chi connectivity index (χ3n) is 5.26. The Labute approximate surface area is 180 Å². The Morgan fingerprint density at radius 2 is 2.03 bits per heavy atom. The normalized spacial score (nSPS) is 17.1. The number of ketones is 1. The van der Waals surface area contributed by atoms with Crippen LogP contribution in [0.25, 0.3) is 0 Å². The summed E-state index contributed by atoms with van der Waals surface area (Å²) in [5.74, 6) is 0.540. The van der Waals surface area contributed by atoms with Gasteiger partial charge >= 0.3 is 0 Å². The molecule has 0 unspecified atom stereocenters. The monoisotopic (exact) mass is 436 g/mol. The van der Waals surface area contributed by atoms with Crippen LogP contribution < -0.4 is 14.5 Å². The topological polar surface area (TPSA) is 58.6 Å². The number of Topliss-reactive ketones (excluding diaryl/α,β-unsaturated/α-hetero) is 1. The zero-order valence-corrected chi connectivity index (χ0v) is 17.9. The first kappa shape index (κ1) is 22.8. The smallest absolute Gasteiger partial charge is 0.255 e. The van der Waals surface area contributed by atoms with E-state index in [2.05, 4.69) is 9.97 Å². The summed E-state index contributed by atoms with van der Waals surface area (Å²) in [6.45, 7) is 4.02. The maximum atomic E-state index is 14.3. The van der Waals surface area contributed by atoms with E-state index in [-0.39, 0.29) is 29.6 Å². The molecule has 168 valence electrons. The van der Waals surface area contributed by atoms with E-state index in [1.54, 1.807) is 11.8 Å². The molecule has 1 aromatic heterocycles. The van der Waals surface area contributed by atoms with E-state index in [9.17, 15) is 18.0 Å². The van der Waals surface area contributed by atoms with Gasteiger partial charge in [0.1, 0.15) is 17.6 Å². The summed E-state index contributed by atoms with van der Waals surface area (Å²) in [7, 11) is 1.44. The predicted octanol–water partition coefficient (Wildman–Crippen LogP) is 4.06. The van der Waals surface area contributed by atoms with Gasteiger partial charge in [0.2, 0.25) is 5.95 Å². The minimum atomic E-state index is -2.54. The van der Waals surface area contributed by atoms with E-state index in [0.29, 0.717) is 31.7 Å². The highest BCUT2D eigenvalue weighted by molar-refractivity contribution is 5.76. The summed E-state index contributed by atoms with van der Waals surface area (Å²) < 4.78 is 45.6. The van der Waals surface area contributed by atoms with Crippen molar-refractivity contribution in [2.45, 2.75) is 45.1 Å². The molecule has 2 heterocycles. The van der Waals surface area contributed by atoms with Crippen LogP contribution in [0.4, 0.5) is 24.9 Å². The minimum absolute atomic E-state index is 0.0522. The fourth-order valence-corrected chi connectivity index (χ4v) is 3.68. The molecule has 1 aliphatic heterocycles. The number of hydrogen-bond acceptors (Lipinski definition) is 6. The summed E-state index contributed by atoms with van der Waals surface area (Å²) in [6.07, 6.45) is -0.514. The molecule has 0 amide bonds. The first-order valence-corrected chi connectivity index (χ1v) is 10.3. The van der Waals surface area contributed by atoms with Crippen molar-refractivity contribution in [3.8, 4) is 5.75 Å². The number of aromatic nitrogens is 2. The van der Waals surface area contributed by atoms with Gasteiger partial charge in [0.05, 0.1) is 19.3 Å². The van der Waals surface area contributed by atoms with Crippen LogP contribution in [-0.4, -0.2) is 55.0 Å². The van der Waals surface area contributed by atoms with Crippen LogP contribution >= 0.6 is 0 Å². The van der Waals surface area contributed by atoms with E-state index in [4.69, 9.17) is 4.74 Å². The third-order valence-corrected chi connectivity index (χ3v) is 5.26. The lowest BCUT2D eigenvalue weighted by Crippen LogP contribution is -2.29. The Kier molecular flexibility index (Phi) is 7.35. The lowest BCUT2D eigenvalue weighted by atomic mass is 9.96. The fourth-order valence-electron chi connectivity index (χ4n) is 3.68. The van der Waals surface area contributed by atoms with Gasteiger partial charge in [-0.05, 0) is 30.5 Å². The largest absolute Gasteiger partial charge is 0.489 e. The van der Waals surface area contributed by atoms with Crippen LogP contribution in [0.15, 0.2) is 30.5 Å². The molecule has 9 heteroatoms. The van der Waals surface area contributed by atoms with Gasteiger partial charge in [0.15, 0.2) is 11.6 Å². The second-order valence-electron chi connectivity index (χ2n) is 7.96. The van der Waals surface area contributed by atoms with Gasteiger partial charge in [-0.2, -0.15) is 4.98 Å². The average Bonchev–Trinajstić information content (AvgIpc) is 3.16. The summed E-state index contributed by atoms with van der Waals surface area (Å²) in [5.41, 5.74) is 1.07. The van der Waals surface area contributed by atoms with Crippen LogP contribution in [0.2, 0.25) is 0 Å². The molecular formula is C22H27F3N4O2. The SMILES string of the molecule is CC(=O)C[C@@H](C)c1ccc(O[C@@H]2CCN(c3nc(N(C)CC(F)F)ncc3F)C2)cc1. The van der Waals surface area contributed by atoms with E-state index >= 15 is 0 Å². The molecule has 2 atom stereocenters. The van der Waals surface area contributed by atoms with Gasteiger partial charge in [0, 0.05) is 26.4 Å². The Bertz CT molecular complexity index is 895. The average molecular weight is 436 g/mol. The molecule has 1 fully saturated rings. The second-order valence-corrected chi connectivity index (χ2v) is 7.96. The van der Waals surface area contributed by atoms with E-state index in [1.807, 2.05) is 31.2 Å². The van der Waals surface area contributed by atoms with E-state index in [0.717, 1.165) is 11.8 Å². The lowest BCUT2D eigenvalue weighted by molar-refractivity contribution is -0.117. The van der Waals surface area contributed by atoms with Crippen molar-refractivity contribution in [1.82, 2.24) is 9.97 Å². The molecule has 0 bridgehead atoms. The molecule has 1 aromatic carbocycles. The number of hydrogen-bond donors (Lipinski definition) is 0. The molecular weight excluding hydrogens is 409 g/mol. The molecule has 0 radical (unpaired) electrons. The Morgan fingerprint density at radius 3 is 2.68 bits per heavy atom. The number of halogens is 3. The zero-order valence-electron chi connectivity index (χ0n) is 17.9. The maximum Gasteiger partial charge on any atom is 0.255 e. The molecule has 0 N–H and O–H groups in total. The lowest BCUT2D eigenvalue weighted by Gasteiger charge is -2.21. The molecule has 1 saturated heterocycles. The molecule has 0 saturated carbocycles. The van der Waals surface area contributed by atoms with Crippen LogP contribution in [0.1, 0.15) is 38.2 Å². The summed E-state index contributed by atoms with van der Waals surface area (Å²) in [5, 5.41) is 0. The Hall–Kier alpha value is -2.84. The molecule has 1 aliphatic rings. The number of rotatable bonds is 9. The number of carbonyl (C=O) groups is 1. The quantitative estimate of drug-likeness (QED) is 0.591. The number of carbonyl (C=O) groups excluding carboxylic acids is 1. The fraction of sp³-hybridized carbons (Fsp3) is 0.500. The molecule has 0 spiro atoms. The maximum absolute atomic E-state index is 14.3. The van der Waals surface area contributed by atoms with Crippen molar-refractivity contribution < 1.29 is 22.7 Å². The van der Waals surface area contributed by atoms with E-state index in [1.165, 1.54) is 11.9 Å². The Morgan fingerprint density at radius 1 is 1.32 bits per heavy atom. The van der Waals surface area contributed by atoms with Gasteiger partial charge < -0.3 is 19.3 Å². The third kappa shape index (κ3) is 6.08. The Balaban J connectivity index is 1.62. The van der Waals surface area contributed by atoms with Crippen LogP contribution in [-0.2, 0) is 4.79 Å². The number of nitrogens with zero attached hydrogens (tertiary/aromatic N) is 4. The van der Waals surface area contributed by atoms with Crippen molar-refractivity contribution >= 4 is 17.5 Å². The summed E-state index contributed by atoms with van der Waals surface area (Å²) in [4.78, 5) is 22.2. The molecule has 0 aliphatic carbocycles. The van der Waals surface area contributed by atoms with Crippen molar-refractivity contribution in [1.29, 1.82) is 0 Å². The zero-order chi connectivity index (χ0) is 22.5. The number of anilines is 2. The highest BCUT2D eigenvalue weighted by Crippen LogP contribution is 2.27. The van der Waals surface area contributed by atoms with Gasteiger partial charge in [-0.3, -0.25) is 0 Å². The van der Waals surface area contributed by atoms with Gasteiger partial charge in [-0.1, -0.05) is 19.1 Å². The van der Waals surface area contributed by atoms with Crippen molar-refractivity contribution in [2.75, 3.05) is 36.5 Å². The van der Waals surface area contributed by atoms with E-state index < -0.39 is 18.8 Å². The minimum Gasteiger partial charge on any atom is -0.489 e.